The number of rotatable bonds is 13. The van der Waals surface area contributed by atoms with Gasteiger partial charge in [0.15, 0.2) is 6.79 Å². The first-order valence-corrected chi connectivity index (χ1v) is 14.4. The quantitative estimate of drug-likeness (QED) is 0.197. The highest BCUT2D eigenvalue weighted by atomic mass is 79.9. The third-order valence-corrected chi connectivity index (χ3v) is 10.1. The highest BCUT2D eigenvalue weighted by Crippen LogP contribution is 2.37. The molecule has 35 heavy (non-hydrogen) atoms. The van der Waals surface area contributed by atoms with Gasteiger partial charge >= 0.3 is 0 Å². The van der Waals surface area contributed by atoms with E-state index in [0.717, 1.165) is 22.4 Å². The number of ether oxygens (including phenoxy) is 4. The molecule has 4 rings (SSSR count). The molecule has 4 nitrogen and oxygen atoms in total. The van der Waals surface area contributed by atoms with Crippen molar-refractivity contribution < 1.29 is 18.9 Å². The molecule has 0 N–H and O–H groups in total. The minimum Gasteiger partial charge on any atom is -0.493 e. The minimum absolute atomic E-state index is 0.0266. The third-order valence-electron chi connectivity index (χ3n) is 6.14. The molecule has 0 spiro atoms. The van der Waals surface area contributed by atoms with Crippen LogP contribution in [0.1, 0.15) is 32.3 Å². The largest absolute Gasteiger partial charge is 0.493 e. The van der Waals surface area contributed by atoms with Crippen LogP contribution in [0, 0.1) is 5.92 Å². The fourth-order valence-electron chi connectivity index (χ4n) is 4.19. The maximum absolute atomic E-state index is 6.41. The van der Waals surface area contributed by atoms with Crippen LogP contribution in [-0.4, -0.2) is 35.9 Å². The fourth-order valence-corrected chi connectivity index (χ4v) is 7.89. The van der Waals surface area contributed by atoms with Crippen molar-refractivity contribution in [3.63, 3.8) is 0 Å². The molecule has 0 aliphatic heterocycles. The van der Waals surface area contributed by atoms with Crippen LogP contribution in [0.15, 0.2) is 77.3 Å². The molecule has 0 amide bonds. The lowest BCUT2D eigenvalue weighted by Crippen LogP contribution is -2.51. The zero-order chi connectivity index (χ0) is 24.7. The number of benzene rings is 3. The highest BCUT2D eigenvalue weighted by Gasteiger charge is 2.34. The van der Waals surface area contributed by atoms with Gasteiger partial charge in [-0.15, -0.1) is 0 Å². The molecule has 0 aromatic heterocycles. The van der Waals surface area contributed by atoms with Crippen molar-refractivity contribution in [1.82, 2.24) is 0 Å². The lowest BCUT2D eigenvalue weighted by atomic mass is 10.2. The SMILES string of the molecule is COCOc1cc(OCC2CC2)c(COCC(C)(C)[Si](c2ccccc2)c2ccccc2)cc1Br. The smallest absolute Gasteiger partial charge is 0.188 e. The van der Waals surface area contributed by atoms with E-state index in [1.165, 1.54) is 23.2 Å². The van der Waals surface area contributed by atoms with Crippen molar-refractivity contribution >= 4 is 35.1 Å². The topological polar surface area (TPSA) is 36.9 Å². The average molecular weight is 555 g/mol. The van der Waals surface area contributed by atoms with Gasteiger partial charge in [-0.3, -0.25) is 0 Å². The first kappa shape index (κ1) is 26.0. The molecule has 1 saturated carbocycles. The molecular formula is C29H34BrO4Si. The van der Waals surface area contributed by atoms with Gasteiger partial charge in [0.1, 0.15) is 20.3 Å². The van der Waals surface area contributed by atoms with Crippen molar-refractivity contribution in [2.45, 2.75) is 38.3 Å². The minimum atomic E-state index is -1.08. The van der Waals surface area contributed by atoms with Gasteiger partial charge in [-0.2, -0.15) is 0 Å². The Morgan fingerprint density at radius 3 is 2.09 bits per heavy atom. The maximum Gasteiger partial charge on any atom is 0.188 e. The zero-order valence-corrected chi connectivity index (χ0v) is 23.3. The van der Waals surface area contributed by atoms with Crippen LogP contribution >= 0.6 is 15.9 Å². The summed E-state index contributed by atoms with van der Waals surface area (Å²) in [7, 11) is 0.537. The predicted molar refractivity (Wildman–Crippen MR) is 146 cm³/mol. The monoisotopic (exact) mass is 553 g/mol. The second-order valence-electron chi connectivity index (χ2n) is 9.68. The predicted octanol–water partition coefficient (Wildman–Crippen LogP) is 5.83. The summed E-state index contributed by atoms with van der Waals surface area (Å²) in [6.45, 7) is 6.69. The Balaban J connectivity index is 1.50. The summed E-state index contributed by atoms with van der Waals surface area (Å²) in [6, 6.07) is 25.7. The Kier molecular flexibility index (Phi) is 9.06. The van der Waals surface area contributed by atoms with Crippen LogP contribution in [0.2, 0.25) is 5.04 Å². The number of hydrogen-bond donors (Lipinski definition) is 0. The van der Waals surface area contributed by atoms with Gasteiger partial charge in [0.25, 0.3) is 0 Å². The maximum atomic E-state index is 6.41. The molecule has 3 aromatic carbocycles. The molecule has 1 aliphatic carbocycles. The van der Waals surface area contributed by atoms with Gasteiger partial charge in [-0.25, -0.2) is 0 Å². The Labute approximate surface area is 219 Å². The van der Waals surface area contributed by atoms with Gasteiger partial charge in [-0.1, -0.05) is 84.9 Å². The third kappa shape index (κ3) is 7.20. The van der Waals surface area contributed by atoms with Crippen LogP contribution in [-0.2, 0) is 16.1 Å². The van der Waals surface area contributed by atoms with Crippen molar-refractivity contribution in [3.05, 3.63) is 82.8 Å². The molecule has 1 aliphatic rings. The highest BCUT2D eigenvalue weighted by molar-refractivity contribution is 9.10. The van der Waals surface area contributed by atoms with E-state index < -0.39 is 8.80 Å². The van der Waals surface area contributed by atoms with Crippen LogP contribution in [0.5, 0.6) is 11.5 Å². The van der Waals surface area contributed by atoms with Crippen LogP contribution in [0.25, 0.3) is 0 Å². The fraction of sp³-hybridized carbons (Fsp3) is 0.379. The van der Waals surface area contributed by atoms with E-state index in [9.17, 15) is 0 Å². The van der Waals surface area contributed by atoms with Crippen molar-refractivity contribution in [2.24, 2.45) is 5.92 Å². The van der Waals surface area contributed by atoms with Gasteiger partial charge < -0.3 is 18.9 Å². The number of methoxy groups -OCH3 is 1. The first-order chi connectivity index (χ1) is 17.0. The molecule has 1 fully saturated rings. The molecule has 1 radical (unpaired) electrons. The molecule has 185 valence electrons. The van der Waals surface area contributed by atoms with E-state index in [-0.39, 0.29) is 11.8 Å². The lowest BCUT2D eigenvalue weighted by Gasteiger charge is -2.33. The Morgan fingerprint density at radius 2 is 1.51 bits per heavy atom. The number of halogens is 1. The van der Waals surface area contributed by atoms with Gasteiger partial charge in [0, 0.05) is 18.7 Å². The second kappa shape index (κ2) is 12.2. The zero-order valence-electron chi connectivity index (χ0n) is 20.8. The van der Waals surface area contributed by atoms with E-state index in [0.29, 0.717) is 24.9 Å². The molecule has 6 heteroatoms. The molecule has 0 unspecified atom stereocenters. The molecule has 3 aromatic rings. The van der Waals surface area contributed by atoms with Gasteiger partial charge in [-0.05, 0) is 45.8 Å². The van der Waals surface area contributed by atoms with E-state index in [4.69, 9.17) is 18.9 Å². The first-order valence-electron chi connectivity index (χ1n) is 12.1. The summed E-state index contributed by atoms with van der Waals surface area (Å²) < 4.78 is 24.2. The Hall–Kier alpha value is -2.12. The van der Waals surface area contributed by atoms with Crippen molar-refractivity contribution in [1.29, 1.82) is 0 Å². The van der Waals surface area contributed by atoms with Crippen LogP contribution in [0.4, 0.5) is 0 Å². The summed E-state index contributed by atoms with van der Waals surface area (Å²) in [5.74, 6) is 2.19. The second-order valence-corrected chi connectivity index (χ2v) is 13.8. The van der Waals surface area contributed by atoms with E-state index in [1.807, 2.05) is 12.1 Å². The van der Waals surface area contributed by atoms with E-state index in [1.54, 1.807) is 7.11 Å². The molecule has 0 bridgehead atoms. The summed E-state index contributed by atoms with van der Waals surface area (Å²) in [5.41, 5.74) is 1.02. The van der Waals surface area contributed by atoms with E-state index in [2.05, 4.69) is 90.4 Å². The average Bonchev–Trinajstić information content (AvgIpc) is 3.68. The lowest BCUT2D eigenvalue weighted by molar-refractivity contribution is 0.0502. The molecule has 0 saturated heterocycles. The molecular weight excluding hydrogens is 520 g/mol. The van der Waals surface area contributed by atoms with Crippen LogP contribution in [0.3, 0.4) is 0 Å². The number of hydrogen-bond acceptors (Lipinski definition) is 4. The standard InChI is InChI=1S/C29H34BrO4Si/c1-29(2,35(24-10-6-4-7-11-24)25-12-8-5-9-13-25)20-32-19-23-16-26(30)28(34-21-31-3)17-27(23)33-18-22-14-15-22/h4-13,16-17,22H,14-15,18-21H2,1-3H3. The normalized spacial score (nSPS) is 13.7. The Morgan fingerprint density at radius 1 is 0.886 bits per heavy atom. The molecule has 0 heterocycles. The van der Waals surface area contributed by atoms with Crippen molar-refractivity contribution in [3.8, 4) is 11.5 Å². The van der Waals surface area contributed by atoms with Gasteiger partial charge in [0.05, 0.1) is 24.3 Å². The summed E-state index contributed by atoms with van der Waals surface area (Å²) in [6.07, 6.45) is 2.49. The van der Waals surface area contributed by atoms with Gasteiger partial charge in [0.2, 0.25) is 0 Å². The summed E-state index contributed by atoms with van der Waals surface area (Å²) in [4.78, 5) is 0. The van der Waals surface area contributed by atoms with E-state index >= 15 is 0 Å². The van der Waals surface area contributed by atoms with Crippen molar-refractivity contribution in [2.75, 3.05) is 27.1 Å². The Bertz CT molecular complexity index is 1030. The molecule has 0 atom stereocenters. The van der Waals surface area contributed by atoms with Crippen LogP contribution < -0.4 is 19.8 Å². The summed E-state index contributed by atoms with van der Waals surface area (Å²) >= 11 is 3.63. The summed E-state index contributed by atoms with van der Waals surface area (Å²) in [5, 5.41) is 2.77.